The highest BCUT2D eigenvalue weighted by Gasteiger charge is 2.36. The number of anilines is 3. The molecule has 0 saturated carbocycles. The van der Waals surface area contributed by atoms with Gasteiger partial charge in [-0.2, -0.15) is 0 Å². The molecule has 10 aromatic rings. The Morgan fingerprint density at radius 3 is 1.33 bits per heavy atom. The molecule has 1 nitrogen and oxygen atoms in total. The van der Waals surface area contributed by atoms with Crippen molar-refractivity contribution in [3.63, 3.8) is 0 Å². The predicted octanol–water partition coefficient (Wildman–Crippen LogP) is 17.5. The predicted molar refractivity (Wildman–Crippen MR) is 271 cm³/mol. The summed E-state index contributed by atoms with van der Waals surface area (Å²) in [5.74, 6) is 0. The van der Waals surface area contributed by atoms with Crippen molar-refractivity contribution in [1.82, 2.24) is 0 Å². The van der Waals surface area contributed by atoms with Gasteiger partial charge in [-0.15, -0.1) is 0 Å². The normalized spacial score (nSPS) is 12.3. The average molecular weight is 818 g/mol. The van der Waals surface area contributed by atoms with E-state index in [1.807, 2.05) is 0 Å². The van der Waals surface area contributed by atoms with Gasteiger partial charge in [-0.25, -0.2) is 0 Å². The molecule has 304 valence electrons. The number of nitrogens with zero attached hydrogens (tertiary/aromatic N) is 1. The molecule has 0 fully saturated rings. The van der Waals surface area contributed by atoms with Gasteiger partial charge in [0.1, 0.15) is 0 Å². The maximum atomic E-state index is 2.45. The van der Waals surface area contributed by atoms with Crippen LogP contribution in [0, 0.1) is 0 Å². The van der Waals surface area contributed by atoms with Crippen LogP contribution in [0.1, 0.15) is 25.0 Å². The number of benzene rings is 10. The molecule has 0 aliphatic heterocycles. The Kier molecular flexibility index (Phi) is 9.94. The van der Waals surface area contributed by atoms with E-state index in [0.717, 1.165) is 22.6 Å². The third kappa shape index (κ3) is 6.93. The number of fused-ring (bicyclic) bond motifs is 3. The quantitative estimate of drug-likeness (QED) is 0.140. The highest BCUT2D eigenvalue weighted by atomic mass is 15.1. The number of rotatable bonds is 9. The van der Waals surface area contributed by atoms with Gasteiger partial charge in [-0.05, 0) is 114 Å². The Hall–Kier alpha value is -8.00. The van der Waals surface area contributed by atoms with Gasteiger partial charge in [0.15, 0.2) is 0 Å². The molecule has 0 unspecified atom stereocenters. The Balaban J connectivity index is 1.07. The summed E-state index contributed by atoms with van der Waals surface area (Å²) in [6, 6.07) is 90.8. The van der Waals surface area contributed by atoms with Crippen molar-refractivity contribution in [3.8, 4) is 77.9 Å². The van der Waals surface area contributed by atoms with Crippen molar-refractivity contribution in [1.29, 1.82) is 0 Å². The Labute approximate surface area is 377 Å². The van der Waals surface area contributed by atoms with Crippen molar-refractivity contribution in [3.05, 3.63) is 260 Å². The second kappa shape index (κ2) is 16.4. The van der Waals surface area contributed by atoms with Gasteiger partial charge in [-0.1, -0.05) is 232 Å². The largest absolute Gasteiger partial charge is 0.310 e. The van der Waals surface area contributed by atoms with Crippen LogP contribution in [0.25, 0.3) is 77.9 Å². The summed E-state index contributed by atoms with van der Waals surface area (Å²) in [5.41, 5.74) is 22.9. The molecule has 0 aromatic heterocycles. The van der Waals surface area contributed by atoms with Crippen molar-refractivity contribution < 1.29 is 0 Å². The van der Waals surface area contributed by atoms with E-state index < -0.39 is 0 Å². The monoisotopic (exact) mass is 817 g/mol. The molecule has 10 aromatic carbocycles. The summed E-state index contributed by atoms with van der Waals surface area (Å²) < 4.78 is 0. The minimum absolute atomic E-state index is 0.138. The lowest BCUT2D eigenvalue weighted by atomic mass is 9.82. The molecule has 0 amide bonds. The lowest BCUT2D eigenvalue weighted by molar-refractivity contribution is 0.660. The van der Waals surface area contributed by atoms with Crippen LogP contribution in [0.15, 0.2) is 249 Å². The van der Waals surface area contributed by atoms with Crippen molar-refractivity contribution >= 4 is 17.1 Å². The molecule has 0 radical (unpaired) electrons. The molecule has 1 heteroatoms. The summed E-state index contributed by atoms with van der Waals surface area (Å²) in [6.07, 6.45) is 0. The van der Waals surface area contributed by atoms with Crippen LogP contribution in [0.5, 0.6) is 0 Å². The van der Waals surface area contributed by atoms with Gasteiger partial charge >= 0.3 is 0 Å². The van der Waals surface area contributed by atoms with E-state index in [1.165, 1.54) is 83.5 Å². The minimum Gasteiger partial charge on any atom is -0.310 e. The second-order valence-electron chi connectivity index (χ2n) is 17.2. The maximum Gasteiger partial charge on any atom is 0.0540 e. The van der Waals surface area contributed by atoms with E-state index >= 15 is 0 Å². The summed E-state index contributed by atoms with van der Waals surface area (Å²) in [6.45, 7) is 4.72. The fourth-order valence-electron chi connectivity index (χ4n) is 9.95. The van der Waals surface area contributed by atoms with Gasteiger partial charge in [0.2, 0.25) is 0 Å². The standard InChI is InChI=1S/C63H47N/c1-63(2)59-31-16-14-27-56(59)57-42-41-51(43-60(57)63)64(61-32-17-15-26-53(61)48-35-33-45(34-36-48)44-19-6-3-7-20-44)50-39-37-49(38-40-50)55-30-18-29-54(47-23-10-5-11-24-47)62(55)58-28-13-12-25-52(58)46-21-8-4-9-22-46/h3-43H,1-2H3. The lowest BCUT2D eigenvalue weighted by Crippen LogP contribution is -2.16. The molecule has 0 spiro atoms. The first-order valence-corrected chi connectivity index (χ1v) is 22.3. The first-order chi connectivity index (χ1) is 31.5. The van der Waals surface area contributed by atoms with Crippen LogP contribution in [0.2, 0.25) is 0 Å². The van der Waals surface area contributed by atoms with Gasteiger partial charge < -0.3 is 4.90 Å². The van der Waals surface area contributed by atoms with Crippen LogP contribution in [-0.2, 0) is 5.41 Å². The van der Waals surface area contributed by atoms with Crippen molar-refractivity contribution in [2.75, 3.05) is 4.90 Å². The summed E-state index contributed by atoms with van der Waals surface area (Å²) in [4.78, 5) is 2.45. The van der Waals surface area contributed by atoms with E-state index in [-0.39, 0.29) is 5.41 Å². The smallest absolute Gasteiger partial charge is 0.0540 e. The van der Waals surface area contributed by atoms with Crippen LogP contribution in [-0.4, -0.2) is 0 Å². The third-order valence-corrected chi connectivity index (χ3v) is 13.1. The molecule has 0 saturated heterocycles. The molecule has 0 atom stereocenters. The number of hydrogen-bond donors (Lipinski definition) is 0. The van der Waals surface area contributed by atoms with E-state index in [2.05, 4.69) is 267 Å². The minimum atomic E-state index is -0.138. The first kappa shape index (κ1) is 38.9. The summed E-state index contributed by atoms with van der Waals surface area (Å²) in [5, 5.41) is 0. The molecule has 0 bridgehead atoms. The zero-order valence-corrected chi connectivity index (χ0v) is 36.1. The van der Waals surface area contributed by atoms with Crippen LogP contribution in [0.3, 0.4) is 0 Å². The molecule has 0 N–H and O–H groups in total. The Morgan fingerprint density at radius 2 is 0.672 bits per heavy atom. The SMILES string of the molecule is CC1(C)c2ccccc2-c2ccc(N(c3ccc(-c4cccc(-c5ccccc5)c4-c4ccccc4-c4ccccc4)cc3)c3ccccc3-c3ccc(-c4ccccc4)cc3)cc21. The van der Waals surface area contributed by atoms with Gasteiger partial charge in [-0.3, -0.25) is 0 Å². The molecular formula is C63H47N. The molecule has 11 rings (SSSR count). The van der Waals surface area contributed by atoms with Crippen molar-refractivity contribution in [2.24, 2.45) is 0 Å². The van der Waals surface area contributed by atoms with Gasteiger partial charge in [0, 0.05) is 22.4 Å². The van der Waals surface area contributed by atoms with Crippen LogP contribution < -0.4 is 4.90 Å². The highest BCUT2D eigenvalue weighted by molar-refractivity contribution is 6.00. The molecule has 0 heterocycles. The second-order valence-corrected chi connectivity index (χ2v) is 17.2. The molecule has 1 aliphatic rings. The zero-order valence-electron chi connectivity index (χ0n) is 36.1. The lowest BCUT2D eigenvalue weighted by Gasteiger charge is -2.30. The molecule has 64 heavy (non-hydrogen) atoms. The average Bonchev–Trinajstić information content (AvgIpc) is 3.60. The molecule has 1 aliphatic carbocycles. The van der Waals surface area contributed by atoms with Crippen molar-refractivity contribution in [2.45, 2.75) is 19.3 Å². The topological polar surface area (TPSA) is 3.24 Å². The van der Waals surface area contributed by atoms with E-state index in [9.17, 15) is 0 Å². The maximum absolute atomic E-state index is 2.45. The third-order valence-electron chi connectivity index (χ3n) is 13.1. The van der Waals surface area contributed by atoms with E-state index in [0.29, 0.717) is 0 Å². The fraction of sp³-hybridized carbons (Fsp3) is 0.0476. The molecular weight excluding hydrogens is 771 g/mol. The number of hydrogen-bond acceptors (Lipinski definition) is 1. The van der Waals surface area contributed by atoms with Gasteiger partial charge in [0.05, 0.1) is 5.69 Å². The first-order valence-electron chi connectivity index (χ1n) is 22.3. The summed E-state index contributed by atoms with van der Waals surface area (Å²) in [7, 11) is 0. The fourth-order valence-corrected chi connectivity index (χ4v) is 9.95. The summed E-state index contributed by atoms with van der Waals surface area (Å²) >= 11 is 0. The Bertz CT molecular complexity index is 3260. The zero-order chi connectivity index (χ0) is 43.0. The van der Waals surface area contributed by atoms with Crippen LogP contribution in [0.4, 0.5) is 17.1 Å². The van der Waals surface area contributed by atoms with Crippen LogP contribution >= 0.6 is 0 Å². The highest BCUT2D eigenvalue weighted by Crippen LogP contribution is 2.52. The van der Waals surface area contributed by atoms with E-state index in [1.54, 1.807) is 0 Å². The Morgan fingerprint density at radius 1 is 0.266 bits per heavy atom. The number of para-hydroxylation sites is 1. The van der Waals surface area contributed by atoms with E-state index in [4.69, 9.17) is 0 Å². The van der Waals surface area contributed by atoms with Gasteiger partial charge in [0.25, 0.3) is 0 Å².